The van der Waals surface area contributed by atoms with E-state index in [-0.39, 0.29) is 30.8 Å². The SMILES string of the molecule is CCN1N=C2CCN(C(=O)[C@H](Cc3c[nH]c4ccccc34)NC(=O)C(C)(C)N)C[C@@]2(Cc2ccccc2)C1=O.Cl. The van der Waals surface area contributed by atoms with Gasteiger partial charge in [-0.15, -0.1) is 12.4 Å². The Hall–Kier alpha value is -3.69. The van der Waals surface area contributed by atoms with E-state index in [0.717, 1.165) is 27.7 Å². The van der Waals surface area contributed by atoms with Gasteiger partial charge in [0.15, 0.2) is 0 Å². The Bertz CT molecular complexity index is 1430. The number of piperidine rings is 1. The molecule has 0 aliphatic carbocycles. The van der Waals surface area contributed by atoms with Gasteiger partial charge in [0.2, 0.25) is 11.8 Å². The van der Waals surface area contributed by atoms with Crippen LogP contribution in [0.15, 0.2) is 65.9 Å². The molecule has 3 aromatic rings. The number of rotatable bonds is 8. The summed E-state index contributed by atoms with van der Waals surface area (Å²) in [6.07, 6.45) is 3.13. The Morgan fingerprint density at radius 2 is 1.85 bits per heavy atom. The number of halogens is 1. The second kappa shape index (κ2) is 11.4. The monoisotopic (exact) mass is 564 g/mol. The number of hydrogen-bond acceptors (Lipinski definition) is 5. The van der Waals surface area contributed by atoms with Crippen LogP contribution in [0.2, 0.25) is 0 Å². The number of hydrogen-bond donors (Lipinski definition) is 3. The summed E-state index contributed by atoms with van der Waals surface area (Å²) < 4.78 is 0. The van der Waals surface area contributed by atoms with E-state index in [1.165, 1.54) is 5.01 Å². The first-order valence-electron chi connectivity index (χ1n) is 13.5. The Labute approximate surface area is 240 Å². The highest BCUT2D eigenvalue weighted by Gasteiger charge is 2.54. The van der Waals surface area contributed by atoms with Crippen LogP contribution >= 0.6 is 12.4 Å². The van der Waals surface area contributed by atoms with E-state index in [9.17, 15) is 14.4 Å². The van der Waals surface area contributed by atoms with Crippen molar-refractivity contribution in [1.29, 1.82) is 0 Å². The first-order valence-corrected chi connectivity index (χ1v) is 13.5. The zero-order valence-corrected chi connectivity index (χ0v) is 24.0. The third-order valence-electron chi connectivity index (χ3n) is 7.76. The molecule has 4 N–H and O–H groups in total. The summed E-state index contributed by atoms with van der Waals surface area (Å²) >= 11 is 0. The molecule has 10 heteroatoms. The van der Waals surface area contributed by atoms with E-state index in [4.69, 9.17) is 5.73 Å². The highest BCUT2D eigenvalue weighted by Crippen LogP contribution is 2.39. The number of nitrogens with zero attached hydrogens (tertiary/aromatic N) is 3. The smallest absolute Gasteiger partial charge is 0.256 e. The fourth-order valence-electron chi connectivity index (χ4n) is 5.62. The Kier molecular flexibility index (Phi) is 8.37. The van der Waals surface area contributed by atoms with Gasteiger partial charge < -0.3 is 20.9 Å². The molecule has 3 heterocycles. The Morgan fingerprint density at radius 3 is 2.55 bits per heavy atom. The van der Waals surface area contributed by atoms with Crippen LogP contribution in [-0.2, 0) is 27.2 Å². The van der Waals surface area contributed by atoms with Gasteiger partial charge in [-0.2, -0.15) is 5.10 Å². The van der Waals surface area contributed by atoms with Crippen LogP contribution in [0, 0.1) is 5.41 Å². The molecule has 0 bridgehead atoms. The predicted octanol–water partition coefficient (Wildman–Crippen LogP) is 3.03. The van der Waals surface area contributed by atoms with Gasteiger partial charge >= 0.3 is 0 Å². The molecule has 0 saturated carbocycles. The lowest BCUT2D eigenvalue weighted by atomic mass is 9.73. The van der Waals surface area contributed by atoms with E-state index >= 15 is 0 Å². The standard InChI is InChI=1S/C30H36N6O3.ClH/c1-4-36-28(39)30(17-20-10-6-5-7-11-20)19-35(15-14-25(30)34-36)26(37)24(33-27(38)29(2,3)31)16-21-18-32-23-13-9-8-12-22(21)23;/h5-13,18,24,32H,4,14-17,19,31H2,1-3H3,(H,33,38);1H/t24-,30+;/m0./s1. The van der Waals surface area contributed by atoms with Crippen LogP contribution in [-0.4, -0.2) is 69.5 Å². The normalized spacial score (nSPS) is 19.6. The van der Waals surface area contributed by atoms with Gasteiger partial charge in [-0.05, 0) is 44.4 Å². The van der Waals surface area contributed by atoms with Crippen molar-refractivity contribution < 1.29 is 14.4 Å². The largest absolute Gasteiger partial charge is 0.361 e. The molecule has 9 nitrogen and oxygen atoms in total. The average Bonchev–Trinajstić information content (AvgIpc) is 3.45. The zero-order chi connectivity index (χ0) is 27.8. The lowest BCUT2D eigenvalue weighted by Crippen LogP contribution is -2.61. The molecule has 0 radical (unpaired) electrons. The third-order valence-corrected chi connectivity index (χ3v) is 7.76. The number of likely N-dealkylation sites (tertiary alicyclic amines) is 1. The van der Waals surface area contributed by atoms with Crippen molar-refractivity contribution in [2.45, 2.75) is 51.6 Å². The minimum atomic E-state index is -1.15. The van der Waals surface area contributed by atoms with Crippen LogP contribution in [0.1, 0.15) is 38.3 Å². The minimum absolute atomic E-state index is 0. The number of para-hydroxylation sites is 1. The highest BCUT2D eigenvalue weighted by molar-refractivity contribution is 6.14. The van der Waals surface area contributed by atoms with Crippen molar-refractivity contribution in [1.82, 2.24) is 20.2 Å². The van der Waals surface area contributed by atoms with Gasteiger partial charge in [-0.25, -0.2) is 5.01 Å². The molecule has 0 unspecified atom stereocenters. The quantitative estimate of drug-likeness (QED) is 0.389. The van der Waals surface area contributed by atoms with E-state index in [1.807, 2.05) is 67.7 Å². The third kappa shape index (κ3) is 5.48. The van der Waals surface area contributed by atoms with Crippen molar-refractivity contribution >= 4 is 46.7 Å². The summed E-state index contributed by atoms with van der Waals surface area (Å²) in [5.41, 5.74) is 7.73. The number of nitrogens with one attached hydrogen (secondary N) is 2. The van der Waals surface area contributed by atoms with Crippen molar-refractivity contribution in [3.8, 4) is 0 Å². The fraction of sp³-hybridized carbons (Fsp3) is 0.400. The van der Waals surface area contributed by atoms with Gasteiger partial charge in [-0.3, -0.25) is 14.4 Å². The lowest BCUT2D eigenvalue weighted by molar-refractivity contribution is -0.143. The molecule has 2 atom stereocenters. The number of amides is 3. The van der Waals surface area contributed by atoms with Crippen LogP contribution < -0.4 is 11.1 Å². The summed E-state index contributed by atoms with van der Waals surface area (Å²) in [5, 5.41) is 10.1. The average molecular weight is 565 g/mol. The molecule has 1 aromatic heterocycles. The van der Waals surface area contributed by atoms with Gasteiger partial charge in [0.05, 0.1) is 11.3 Å². The van der Waals surface area contributed by atoms with Gasteiger partial charge in [0.25, 0.3) is 5.91 Å². The van der Waals surface area contributed by atoms with E-state index in [0.29, 0.717) is 32.4 Å². The molecule has 3 amide bonds. The number of carbonyl (C=O) groups excluding carboxylic acids is 3. The number of benzene rings is 2. The van der Waals surface area contributed by atoms with Crippen molar-refractivity contribution in [3.63, 3.8) is 0 Å². The predicted molar refractivity (Wildman–Crippen MR) is 158 cm³/mol. The lowest BCUT2D eigenvalue weighted by Gasteiger charge is -2.41. The first kappa shape index (κ1) is 29.3. The molecule has 1 fully saturated rings. The molecule has 212 valence electrons. The molecule has 1 saturated heterocycles. The molecule has 0 spiro atoms. The maximum absolute atomic E-state index is 14.2. The first-order chi connectivity index (χ1) is 18.6. The number of hydrazone groups is 1. The van der Waals surface area contributed by atoms with Crippen LogP contribution in [0.3, 0.4) is 0 Å². The topological polar surface area (TPSA) is 124 Å². The van der Waals surface area contributed by atoms with Gasteiger partial charge in [-0.1, -0.05) is 48.5 Å². The zero-order valence-electron chi connectivity index (χ0n) is 23.1. The number of nitrogens with two attached hydrogens (primary N) is 1. The van der Waals surface area contributed by atoms with E-state index < -0.39 is 22.9 Å². The summed E-state index contributed by atoms with van der Waals surface area (Å²) in [5.74, 6) is -0.721. The summed E-state index contributed by atoms with van der Waals surface area (Å²) in [6.45, 7) is 6.24. The number of aromatic amines is 1. The summed E-state index contributed by atoms with van der Waals surface area (Å²) in [7, 11) is 0. The van der Waals surface area contributed by atoms with Crippen molar-refractivity contribution in [2.24, 2.45) is 16.3 Å². The molecule has 40 heavy (non-hydrogen) atoms. The maximum atomic E-state index is 14.2. The van der Waals surface area contributed by atoms with E-state index in [2.05, 4.69) is 15.4 Å². The number of fused-ring (bicyclic) bond motifs is 2. The molecule has 2 aromatic carbocycles. The molecule has 2 aliphatic rings. The minimum Gasteiger partial charge on any atom is -0.361 e. The van der Waals surface area contributed by atoms with Gasteiger partial charge in [0.1, 0.15) is 11.5 Å². The van der Waals surface area contributed by atoms with Crippen LogP contribution in [0.25, 0.3) is 10.9 Å². The molecule has 5 rings (SSSR count). The van der Waals surface area contributed by atoms with Crippen molar-refractivity contribution in [3.05, 3.63) is 71.9 Å². The molecular formula is C30H37ClN6O3. The molecular weight excluding hydrogens is 528 g/mol. The summed E-state index contributed by atoms with van der Waals surface area (Å²) in [6, 6.07) is 16.9. The number of aromatic nitrogens is 1. The Balaban J connectivity index is 0.00000370. The molecule has 2 aliphatic heterocycles. The maximum Gasteiger partial charge on any atom is 0.256 e. The Morgan fingerprint density at radius 1 is 1.15 bits per heavy atom. The van der Waals surface area contributed by atoms with Gasteiger partial charge in [0, 0.05) is 49.6 Å². The second-order valence-corrected chi connectivity index (χ2v) is 11.1. The van der Waals surface area contributed by atoms with Crippen LogP contribution in [0.4, 0.5) is 0 Å². The highest BCUT2D eigenvalue weighted by atomic mass is 35.5. The van der Waals surface area contributed by atoms with Crippen LogP contribution in [0.5, 0.6) is 0 Å². The number of H-pyrrole nitrogens is 1. The number of carbonyl (C=O) groups is 3. The fourth-order valence-corrected chi connectivity index (χ4v) is 5.62. The van der Waals surface area contributed by atoms with E-state index in [1.54, 1.807) is 18.7 Å². The summed E-state index contributed by atoms with van der Waals surface area (Å²) in [4.78, 5) is 45.8. The van der Waals surface area contributed by atoms with Crippen molar-refractivity contribution in [2.75, 3.05) is 19.6 Å². The second-order valence-electron chi connectivity index (χ2n) is 11.1.